The van der Waals surface area contributed by atoms with E-state index in [2.05, 4.69) is 0 Å². The first kappa shape index (κ1) is 18.4. The minimum Gasteiger partial charge on any atom is -0.394 e. The second-order valence-electron chi connectivity index (χ2n) is 4.67. The highest BCUT2D eigenvalue weighted by Crippen LogP contribution is 2.20. The van der Waals surface area contributed by atoms with E-state index >= 15 is 0 Å². The number of aliphatic hydroxyl groups excluding tert-OH is 7. The van der Waals surface area contributed by atoms with Crippen LogP contribution in [0.5, 0.6) is 0 Å². The van der Waals surface area contributed by atoms with Crippen molar-refractivity contribution < 1.29 is 50.0 Å². The van der Waals surface area contributed by atoms with Crippen LogP contribution in [0.4, 0.5) is 0 Å². The average molecular weight is 312 g/mol. The lowest BCUT2D eigenvalue weighted by molar-refractivity contribution is -0.298. The van der Waals surface area contributed by atoms with Crippen LogP contribution in [0.25, 0.3) is 0 Å². The molecule has 21 heavy (non-hydrogen) atoms. The van der Waals surface area contributed by atoms with Gasteiger partial charge in [-0.15, -0.1) is 0 Å². The summed E-state index contributed by atoms with van der Waals surface area (Å²) >= 11 is 0. The van der Waals surface area contributed by atoms with Crippen molar-refractivity contribution >= 4 is 5.78 Å². The first-order valence-electron chi connectivity index (χ1n) is 6.25. The molecule has 1 saturated heterocycles. The summed E-state index contributed by atoms with van der Waals surface area (Å²) < 4.78 is 9.93. The molecule has 7 atom stereocenters. The van der Waals surface area contributed by atoms with Crippen molar-refractivity contribution in [2.75, 3.05) is 19.8 Å². The van der Waals surface area contributed by atoms with Crippen LogP contribution in [0.1, 0.15) is 0 Å². The topological polar surface area (TPSA) is 177 Å². The molecule has 1 aliphatic rings. The third-order valence-corrected chi connectivity index (χ3v) is 3.11. The van der Waals surface area contributed by atoms with Crippen molar-refractivity contribution in [3.8, 4) is 0 Å². The first-order chi connectivity index (χ1) is 9.83. The van der Waals surface area contributed by atoms with E-state index in [4.69, 9.17) is 19.7 Å². The van der Waals surface area contributed by atoms with Gasteiger partial charge in [0.25, 0.3) is 0 Å². The lowest BCUT2D eigenvalue weighted by Gasteiger charge is -2.38. The number of ketones is 1. The van der Waals surface area contributed by atoms with Gasteiger partial charge in [0.2, 0.25) is 0 Å². The molecule has 0 saturated carbocycles. The van der Waals surface area contributed by atoms with Gasteiger partial charge in [0.15, 0.2) is 12.1 Å². The van der Waals surface area contributed by atoms with Crippen LogP contribution < -0.4 is 0 Å². The van der Waals surface area contributed by atoms with Gasteiger partial charge in [0.05, 0.1) is 13.2 Å². The van der Waals surface area contributed by atoms with E-state index in [1.807, 2.05) is 0 Å². The molecule has 0 aromatic carbocycles. The van der Waals surface area contributed by atoms with Gasteiger partial charge < -0.3 is 45.2 Å². The Hall–Kier alpha value is -0.690. The maximum atomic E-state index is 11.2. The zero-order chi connectivity index (χ0) is 16.2. The summed E-state index contributed by atoms with van der Waals surface area (Å²) in [5, 5.41) is 65.2. The van der Waals surface area contributed by atoms with Crippen molar-refractivity contribution in [3.05, 3.63) is 0 Å². The Balaban J connectivity index is 2.79. The van der Waals surface area contributed by atoms with Crippen LogP contribution in [0, 0.1) is 0 Å². The molecule has 7 N–H and O–H groups in total. The molecule has 0 unspecified atom stereocenters. The minimum atomic E-state index is -1.98. The van der Waals surface area contributed by atoms with E-state index in [0.29, 0.717) is 0 Å². The normalized spacial score (nSPS) is 34.2. The van der Waals surface area contributed by atoms with Gasteiger partial charge in [-0.05, 0) is 0 Å². The number of ether oxygens (including phenoxy) is 2. The molecular formula is C11H20O10. The minimum absolute atomic E-state index is 0.380. The van der Waals surface area contributed by atoms with Gasteiger partial charge in [-0.1, -0.05) is 0 Å². The molecule has 10 nitrogen and oxygen atoms in total. The van der Waals surface area contributed by atoms with Crippen LogP contribution in [0.2, 0.25) is 0 Å². The molecule has 1 heterocycles. The Morgan fingerprint density at radius 1 is 1.19 bits per heavy atom. The molecule has 0 bridgehead atoms. The summed E-state index contributed by atoms with van der Waals surface area (Å²) in [6, 6.07) is 0. The van der Waals surface area contributed by atoms with Crippen molar-refractivity contribution in [2.45, 2.75) is 42.9 Å². The lowest BCUT2D eigenvalue weighted by Crippen LogP contribution is -2.57. The number of rotatable bonds is 7. The fourth-order valence-corrected chi connectivity index (χ4v) is 1.81. The Labute approximate surface area is 119 Å². The second kappa shape index (κ2) is 8.08. The summed E-state index contributed by atoms with van der Waals surface area (Å²) in [7, 11) is 0. The summed E-state index contributed by atoms with van der Waals surface area (Å²) in [5.41, 5.74) is 0. The Morgan fingerprint density at radius 2 is 1.81 bits per heavy atom. The Morgan fingerprint density at radius 3 is 2.33 bits per heavy atom. The van der Waals surface area contributed by atoms with Crippen LogP contribution in [0.3, 0.4) is 0 Å². The Kier molecular flexibility index (Phi) is 7.06. The first-order valence-corrected chi connectivity index (χ1v) is 6.25. The molecular weight excluding hydrogens is 292 g/mol. The van der Waals surface area contributed by atoms with Crippen LogP contribution in [-0.2, 0) is 14.3 Å². The predicted molar refractivity (Wildman–Crippen MR) is 63.8 cm³/mol. The van der Waals surface area contributed by atoms with Crippen LogP contribution in [-0.4, -0.2) is 104 Å². The van der Waals surface area contributed by atoms with Crippen molar-refractivity contribution in [3.63, 3.8) is 0 Å². The molecule has 1 fully saturated rings. The number of carbonyl (C=O) groups is 1. The smallest absolute Gasteiger partial charge is 0.189 e. The number of hydrogen-bond acceptors (Lipinski definition) is 10. The number of aliphatic hydroxyl groups is 7. The summed E-state index contributed by atoms with van der Waals surface area (Å²) in [4.78, 5) is 11.2. The molecule has 10 heteroatoms. The van der Waals surface area contributed by atoms with E-state index in [-0.39, 0.29) is 6.61 Å². The van der Waals surface area contributed by atoms with Crippen molar-refractivity contribution in [1.29, 1.82) is 0 Å². The monoisotopic (exact) mass is 312 g/mol. The number of hydrogen-bond donors (Lipinski definition) is 7. The molecule has 1 aliphatic heterocycles. The molecule has 0 radical (unpaired) electrons. The molecule has 0 aromatic heterocycles. The highest BCUT2D eigenvalue weighted by atomic mass is 16.7. The molecule has 1 rings (SSSR count). The zero-order valence-electron chi connectivity index (χ0n) is 11.0. The van der Waals surface area contributed by atoms with Gasteiger partial charge in [-0.3, -0.25) is 4.79 Å². The van der Waals surface area contributed by atoms with E-state index in [1.165, 1.54) is 0 Å². The zero-order valence-corrected chi connectivity index (χ0v) is 11.0. The molecule has 124 valence electrons. The molecule has 0 aliphatic carbocycles. The average Bonchev–Trinajstić information content (AvgIpc) is 2.49. The van der Waals surface area contributed by atoms with Crippen LogP contribution >= 0.6 is 0 Å². The summed E-state index contributed by atoms with van der Waals surface area (Å²) in [6.07, 6.45) is -11.5. The highest BCUT2D eigenvalue weighted by molar-refractivity contribution is 5.84. The second-order valence-corrected chi connectivity index (χ2v) is 4.67. The van der Waals surface area contributed by atoms with Gasteiger partial charge in [-0.25, -0.2) is 0 Å². The highest BCUT2D eigenvalue weighted by Gasteiger charge is 2.42. The molecule has 0 amide bonds. The summed E-state index contributed by atoms with van der Waals surface area (Å²) in [6.45, 7) is -2.27. The quantitative estimate of drug-likeness (QED) is 0.241. The van der Waals surface area contributed by atoms with E-state index in [1.54, 1.807) is 0 Å². The molecule has 0 spiro atoms. The van der Waals surface area contributed by atoms with E-state index in [0.717, 1.165) is 0 Å². The summed E-state index contributed by atoms with van der Waals surface area (Å²) in [5.74, 6) is -1.07. The fourth-order valence-electron chi connectivity index (χ4n) is 1.81. The third-order valence-electron chi connectivity index (χ3n) is 3.11. The van der Waals surface area contributed by atoms with Gasteiger partial charge in [0, 0.05) is 0 Å². The maximum Gasteiger partial charge on any atom is 0.189 e. The predicted octanol–water partition coefficient (Wildman–Crippen LogP) is -4.91. The fraction of sp³-hybridized carbons (Fsp3) is 0.909. The van der Waals surface area contributed by atoms with Crippen molar-refractivity contribution in [2.24, 2.45) is 0 Å². The standard InChI is InChI=1S/C11H20O10/c12-1-4(14)8(18)10(5(15)2-13)21-11-9(19)7(17)6(16)3-20-11/h5-13,15-19H,1-3H2/t5-,6-,7+,8+,9-,10-,11+/m1/s1. The van der Waals surface area contributed by atoms with Crippen molar-refractivity contribution in [1.82, 2.24) is 0 Å². The molecule has 0 aromatic rings. The SMILES string of the molecule is O=C(CO)[C@H](O)[C@H](O[C@@H]1OC[C@@H](O)[C@H](O)[C@H]1O)[C@H](O)CO. The van der Waals surface area contributed by atoms with E-state index < -0.39 is 61.9 Å². The number of carbonyl (C=O) groups excluding carboxylic acids is 1. The number of Topliss-reactive ketones (excluding diaryl/α,β-unsaturated/α-hetero) is 1. The Bertz CT molecular complexity index is 337. The largest absolute Gasteiger partial charge is 0.394 e. The van der Waals surface area contributed by atoms with Crippen LogP contribution in [0.15, 0.2) is 0 Å². The van der Waals surface area contributed by atoms with Gasteiger partial charge in [-0.2, -0.15) is 0 Å². The van der Waals surface area contributed by atoms with Gasteiger partial charge >= 0.3 is 0 Å². The van der Waals surface area contributed by atoms with Gasteiger partial charge in [0.1, 0.15) is 43.2 Å². The maximum absolute atomic E-state index is 11.2. The lowest BCUT2D eigenvalue weighted by atomic mass is 10.0. The van der Waals surface area contributed by atoms with E-state index in [9.17, 15) is 30.3 Å². The third kappa shape index (κ3) is 4.39.